The van der Waals surface area contributed by atoms with Crippen LogP contribution in [0.25, 0.3) is 0 Å². The van der Waals surface area contributed by atoms with Gasteiger partial charge in [0.2, 0.25) is 0 Å². The van der Waals surface area contributed by atoms with Gasteiger partial charge in [0, 0.05) is 6.54 Å². The summed E-state index contributed by atoms with van der Waals surface area (Å²) in [6, 6.07) is 0. The van der Waals surface area contributed by atoms with Gasteiger partial charge in [-0.15, -0.1) is 10.2 Å². The zero-order valence-corrected chi connectivity index (χ0v) is 9.45. The second-order valence-corrected chi connectivity index (χ2v) is 3.39. The Balaban J connectivity index is 2.66. The summed E-state index contributed by atoms with van der Waals surface area (Å²) in [5.74, 6) is 0.795. The Kier molecular flexibility index (Phi) is 4.63. The SMILES string of the molecule is CCn1cnnc1CN=C(NC#N)SC. The molecule has 0 atom stereocenters. The molecule has 7 heteroatoms. The molecule has 1 aromatic rings. The molecule has 0 aliphatic rings. The van der Waals surface area contributed by atoms with E-state index in [1.807, 2.05) is 23.9 Å². The number of nitriles is 1. The van der Waals surface area contributed by atoms with Gasteiger partial charge in [0.25, 0.3) is 0 Å². The normalized spacial score (nSPS) is 11.1. The van der Waals surface area contributed by atoms with Crippen LogP contribution in [-0.2, 0) is 13.1 Å². The van der Waals surface area contributed by atoms with Crippen molar-refractivity contribution < 1.29 is 0 Å². The predicted molar refractivity (Wildman–Crippen MR) is 59.1 cm³/mol. The number of aromatic nitrogens is 3. The van der Waals surface area contributed by atoms with Gasteiger partial charge in [0.1, 0.15) is 12.9 Å². The lowest BCUT2D eigenvalue weighted by atomic mass is 10.5. The summed E-state index contributed by atoms with van der Waals surface area (Å²) >= 11 is 1.39. The highest BCUT2D eigenvalue weighted by Gasteiger charge is 2.02. The number of nitrogens with one attached hydrogen (secondary N) is 1. The minimum atomic E-state index is 0.429. The first-order valence-corrected chi connectivity index (χ1v) is 5.64. The van der Waals surface area contributed by atoms with Crippen molar-refractivity contribution in [2.75, 3.05) is 6.26 Å². The maximum absolute atomic E-state index is 8.44. The van der Waals surface area contributed by atoms with Crippen molar-refractivity contribution in [3.63, 3.8) is 0 Å². The molecule has 0 aliphatic carbocycles. The van der Waals surface area contributed by atoms with Crippen molar-refractivity contribution in [2.24, 2.45) is 4.99 Å². The summed E-state index contributed by atoms with van der Waals surface area (Å²) in [6.45, 7) is 3.26. The zero-order valence-electron chi connectivity index (χ0n) is 8.64. The first-order valence-electron chi connectivity index (χ1n) is 4.42. The van der Waals surface area contributed by atoms with E-state index in [9.17, 15) is 0 Å². The molecule has 80 valence electrons. The highest BCUT2D eigenvalue weighted by Crippen LogP contribution is 2.00. The van der Waals surface area contributed by atoms with Crippen LogP contribution in [0, 0.1) is 11.5 Å². The van der Waals surface area contributed by atoms with Gasteiger partial charge >= 0.3 is 0 Å². The van der Waals surface area contributed by atoms with Crippen LogP contribution in [0.1, 0.15) is 12.7 Å². The van der Waals surface area contributed by atoms with Gasteiger partial charge in [-0.25, -0.2) is 0 Å². The van der Waals surface area contributed by atoms with Crippen molar-refractivity contribution in [1.29, 1.82) is 5.26 Å². The fourth-order valence-electron chi connectivity index (χ4n) is 1.01. The third-order valence-corrected chi connectivity index (χ3v) is 2.37. The molecule has 0 unspecified atom stereocenters. The van der Waals surface area contributed by atoms with Crippen LogP contribution in [0.15, 0.2) is 11.3 Å². The number of thioether (sulfide) groups is 1. The standard InChI is InChI=1S/C8H12N6S/c1-3-14-6-12-13-7(14)4-10-8(15-2)11-5-9/h6H,3-4H2,1-2H3,(H,10,11). The minimum absolute atomic E-state index is 0.429. The minimum Gasteiger partial charge on any atom is -0.316 e. The number of hydrogen-bond acceptors (Lipinski definition) is 5. The molecule has 0 spiro atoms. The van der Waals surface area contributed by atoms with E-state index in [4.69, 9.17) is 5.26 Å². The van der Waals surface area contributed by atoms with Crippen LogP contribution in [0.4, 0.5) is 0 Å². The Labute approximate surface area is 92.4 Å². The van der Waals surface area contributed by atoms with E-state index in [1.165, 1.54) is 11.8 Å². The first kappa shape index (κ1) is 11.5. The summed E-state index contributed by atoms with van der Waals surface area (Å²) in [6.07, 6.45) is 5.36. The fraction of sp³-hybridized carbons (Fsp3) is 0.500. The molecule has 6 nitrogen and oxygen atoms in total. The van der Waals surface area contributed by atoms with Crippen LogP contribution >= 0.6 is 11.8 Å². The predicted octanol–water partition coefficient (Wildman–Crippen LogP) is 0.588. The second-order valence-electron chi connectivity index (χ2n) is 2.60. The van der Waals surface area contributed by atoms with E-state index in [2.05, 4.69) is 20.5 Å². The van der Waals surface area contributed by atoms with E-state index < -0.39 is 0 Å². The molecule has 0 amide bonds. The molecule has 0 aromatic carbocycles. The molecular weight excluding hydrogens is 212 g/mol. The zero-order chi connectivity index (χ0) is 11.1. The van der Waals surface area contributed by atoms with Gasteiger partial charge in [0.15, 0.2) is 17.2 Å². The molecule has 1 aromatic heterocycles. The third kappa shape index (κ3) is 3.25. The summed E-state index contributed by atoms with van der Waals surface area (Å²) in [7, 11) is 0. The molecule has 1 heterocycles. The summed E-state index contributed by atoms with van der Waals surface area (Å²) < 4.78 is 1.91. The monoisotopic (exact) mass is 224 g/mol. The average Bonchev–Trinajstić information content (AvgIpc) is 2.71. The molecule has 0 saturated carbocycles. The van der Waals surface area contributed by atoms with Gasteiger partial charge in [0.05, 0.1) is 0 Å². The molecule has 0 aliphatic heterocycles. The summed E-state index contributed by atoms with van der Waals surface area (Å²) in [5.41, 5.74) is 0. The second kappa shape index (κ2) is 6.03. The van der Waals surface area contributed by atoms with Crippen LogP contribution < -0.4 is 5.32 Å². The topological polar surface area (TPSA) is 78.9 Å². The van der Waals surface area contributed by atoms with E-state index in [0.29, 0.717) is 11.7 Å². The molecule has 0 bridgehead atoms. The smallest absolute Gasteiger partial charge is 0.183 e. The van der Waals surface area contributed by atoms with Crippen molar-refractivity contribution in [3.8, 4) is 6.19 Å². The lowest BCUT2D eigenvalue weighted by Crippen LogP contribution is -2.14. The molecule has 0 radical (unpaired) electrons. The molecule has 1 rings (SSSR count). The Morgan fingerprint density at radius 3 is 3.20 bits per heavy atom. The van der Waals surface area contributed by atoms with Crippen molar-refractivity contribution in [2.45, 2.75) is 20.0 Å². The molecular formula is C8H12N6S. The van der Waals surface area contributed by atoms with Gasteiger partial charge in [-0.3, -0.25) is 10.3 Å². The molecule has 1 N–H and O–H groups in total. The number of rotatable bonds is 3. The average molecular weight is 224 g/mol. The van der Waals surface area contributed by atoms with E-state index in [-0.39, 0.29) is 0 Å². The van der Waals surface area contributed by atoms with Gasteiger partial charge in [-0.05, 0) is 13.2 Å². The summed E-state index contributed by atoms with van der Waals surface area (Å²) in [5, 5.41) is 19.3. The molecule has 15 heavy (non-hydrogen) atoms. The van der Waals surface area contributed by atoms with Gasteiger partial charge in [-0.2, -0.15) is 5.26 Å². The Morgan fingerprint density at radius 1 is 1.80 bits per heavy atom. The van der Waals surface area contributed by atoms with Gasteiger partial charge in [-0.1, -0.05) is 11.8 Å². The van der Waals surface area contributed by atoms with Crippen LogP contribution in [0.5, 0.6) is 0 Å². The van der Waals surface area contributed by atoms with Crippen LogP contribution in [0.3, 0.4) is 0 Å². The largest absolute Gasteiger partial charge is 0.316 e. The third-order valence-electron chi connectivity index (χ3n) is 1.76. The maximum Gasteiger partial charge on any atom is 0.183 e. The van der Waals surface area contributed by atoms with Crippen molar-refractivity contribution in [1.82, 2.24) is 20.1 Å². The van der Waals surface area contributed by atoms with E-state index in [0.717, 1.165) is 12.4 Å². The Morgan fingerprint density at radius 2 is 2.60 bits per heavy atom. The Bertz CT molecular complexity index is 377. The number of hydrogen-bond donors (Lipinski definition) is 1. The van der Waals surface area contributed by atoms with Gasteiger partial charge < -0.3 is 4.57 Å². The number of nitrogens with zero attached hydrogens (tertiary/aromatic N) is 5. The van der Waals surface area contributed by atoms with Crippen molar-refractivity contribution in [3.05, 3.63) is 12.2 Å². The fourth-order valence-corrected chi connectivity index (χ4v) is 1.35. The van der Waals surface area contributed by atoms with Crippen LogP contribution in [0.2, 0.25) is 0 Å². The maximum atomic E-state index is 8.44. The highest BCUT2D eigenvalue weighted by atomic mass is 32.2. The van der Waals surface area contributed by atoms with E-state index in [1.54, 1.807) is 6.33 Å². The number of aliphatic imine (C=N–C) groups is 1. The highest BCUT2D eigenvalue weighted by molar-refractivity contribution is 8.13. The van der Waals surface area contributed by atoms with Crippen LogP contribution in [-0.4, -0.2) is 26.2 Å². The molecule has 0 saturated heterocycles. The van der Waals surface area contributed by atoms with Crippen molar-refractivity contribution >= 4 is 16.9 Å². The quantitative estimate of drug-likeness (QED) is 0.352. The first-order chi connectivity index (χ1) is 7.31. The number of amidine groups is 1. The number of aryl methyl sites for hydroxylation is 1. The molecule has 0 fully saturated rings. The van der Waals surface area contributed by atoms with E-state index >= 15 is 0 Å². The summed E-state index contributed by atoms with van der Waals surface area (Å²) in [4.78, 5) is 4.21. The Hall–Kier alpha value is -1.55. The lowest BCUT2D eigenvalue weighted by molar-refractivity contribution is 0.699. The lowest BCUT2D eigenvalue weighted by Gasteiger charge is -2.01.